The van der Waals surface area contributed by atoms with E-state index in [0.29, 0.717) is 23.3 Å². The second-order valence-electron chi connectivity index (χ2n) is 5.95. The Morgan fingerprint density at radius 2 is 2.08 bits per heavy atom. The minimum absolute atomic E-state index is 0.133. The van der Waals surface area contributed by atoms with Crippen LogP contribution < -0.4 is 15.6 Å². The van der Waals surface area contributed by atoms with Crippen molar-refractivity contribution in [3.63, 3.8) is 0 Å². The van der Waals surface area contributed by atoms with E-state index in [1.807, 2.05) is 25.1 Å². The first-order chi connectivity index (χ1) is 12.6. The molecule has 1 aromatic carbocycles. The Morgan fingerprint density at radius 1 is 1.23 bits per heavy atom. The summed E-state index contributed by atoms with van der Waals surface area (Å²) in [4.78, 5) is 33.0. The number of pyridine rings is 1. The van der Waals surface area contributed by atoms with Gasteiger partial charge in [-0.3, -0.25) is 14.2 Å². The summed E-state index contributed by atoms with van der Waals surface area (Å²) in [5.74, 6) is 0.385. The number of amides is 1. The summed E-state index contributed by atoms with van der Waals surface area (Å²) < 4.78 is 6.46. The molecule has 0 spiro atoms. The Bertz CT molecular complexity index is 980. The number of hydrogen-bond donors (Lipinski definition) is 1. The summed E-state index contributed by atoms with van der Waals surface area (Å²) in [6, 6.07) is 9.09. The summed E-state index contributed by atoms with van der Waals surface area (Å²) >= 11 is 0. The van der Waals surface area contributed by atoms with Gasteiger partial charge in [0.25, 0.3) is 5.56 Å². The number of aromatic nitrogens is 3. The Hall–Kier alpha value is -3.22. The molecule has 0 saturated carbocycles. The SMILES string of the molecule is COc1ccc(CNC(=O)CCn2cnc3c(C)cccc3c2=O)cn1. The monoisotopic (exact) mass is 352 g/mol. The molecule has 0 unspecified atom stereocenters. The van der Waals surface area contributed by atoms with E-state index in [0.717, 1.165) is 11.1 Å². The molecule has 0 bridgehead atoms. The van der Waals surface area contributed by atoms with Crippen LogP contribution in [0.3, 0.4) is 0 Å². The van der Waals surface area contributed by atoms with E-state index in [1.165, 1.54) is 10.9 Å². The number of aryl methyl sites for hydroxylation is 2. The first-order valence-corrected chi connectivity index (χ1v) is 8.29. The number of fused-ring (bicyclic) bond motifs is 1. The molecular weight excluding hydrogens is 332 g/mol. The van der Waals surface area contributed by atoms with E-state index in [2.05, 4.69) is 15.3 Å². The highest BCUT2D eigenvalue weighted by Crippen LogP contribution is 2.11. The zero-order valence-electron chi connectivity index (χ0n) is 14.7. The standard InChI is InChI=1S/C19H20N4O3/c1-13-4-3-5-15-18(13)22-12-23(19(15)25)9-8-16(24)20-10-14-6-7-17(26-2)21-11-14/h3-7,11-12H,8-10H2,1-2H3,(H,20,24). The van der Waals surface area contributed by atoms with Crippen molar-refractivity contribution in [2.24, 2.45) is 0 Å². The fourth-order valence-corrected chi connectivity index (χ4v) is 2.64. The van der Waals surface area contributed by atoms with Crippen molar-refractivity contribution in [2.75, 3.05) is 7.11 Å². The van der Waals surface area contributed by atoms with Crippen LogP contribution in [-0.2, 0) is 17.9 Å². The van der Waals surface area contributed by atoms with Gasteiger partial charge in [0, 0.05) is 31.8 Å². The molecule has 7 nitrogen and oxygen atoms in total. The van der Waals surface area contributed by atoms with Crippen molar-refractivity contribution in [3.8, 4) is 5.88 Å². The van der Waals surface area contributed by atoms with Gasteiger partial charge in [-0.1, -0.05) is 18.2 Å². The molecular formula is C19H20N4O3. The van der Waals surface area contributed by atoms with E-state index in [4.69, 9.17) is 4.74 Å². The average molecular weight is 352 g/mol. The third kappa shape index (κ3) is 3.88. The molecule has 2 heterocycles. The first kappa shape index (κ1) is 17.6. The topological polar surface area (TPSA) is 86.1 Å². The van der Waals surface area contributed by atoms with Gasteiger partial charge in [-0.05, 0) is 24.1 Å². The first-order valence-electron chi connectivity index (χ1n) is 8.29. The van der Waals surface area contributed by atoms with E-state index in [-0.39, 0.29) is 24.4 Å². The van der Waals surface area contributed by atoms with E-state index < -0.39 is 0 Å². The molecule has 3 aromatic rings. The number of para-hydroxylation sites is 1. The van der Waals surface area contributed by atoms with Crippen molar-refractivity contribution >= 4 is 16.8 Å². The van der Waals surface area contributed by atoms with Crippen LogP contribution in [0.25, 0.3) is 10.9 Å². The quantitative estimate of drug-likeness (QED) is 0.731. The van der Waals surface area contributed by atoms with Crippen LogP contribution in [0.5, 0.6) is 5.88 Å². The molecule has 0 atom stereocenters. The Balaban J connectivity index is 1.60. The lowest BCUT2D eigenvalue weighted by Crippen LogP contribution is -2.27. The molecule has 0 radical (unpaired) electrons. The molecule has 3 rings (SSSR count). The van der Waals surface area contributed by atoms with Gasteiger partial charge in [0.05, 0.1) is 24.3 Å². The van der Waals surface area contributed by atoms with Crippen LogP contribution in [0.4, 0.5) is 0 Å². The number of carbonyl (C=O) groups is 1. The fourth-order valence-electron chi connectivity index (χ4n) is 2.64. The molecule has 7 heteroatoms. The van der Waals surface area contributed by atoms with Gasteiger partial charge < -0.3 is 10.1 Å². The summed E-state index contributed by atoms with van der Waals surface area (Å²) in [7, 11) is 1.55. The van der Waals surface area contributed by atoms with Crippen molar-refractivity contribution in [1.82, 2.24) is 19.9 Å². The lowest BCUT2D eigenvalue weighted by molar-refractivity contribution is -0.121. The Morgan fingerprint density at radius 3 is 2.81 bits per heavy atom. The molecule has 26 heavy (non-hydrogen) atoms. The molecule has 0 saturated heterocycles. The lowest BCUT2D eigenvalue weighted by Gasteiger charge is -2.09. The van der Waals surface area contributed by atoms with Gasteiger partial charge in [-0.25, -0.2) is 9.97 Å². The van der Waals surface area contributed by atoms with Crippen LogP contribution in [0, 0.1) is 6.92 Å². The normalized spacial score (nSPS) is 10.7. The number of methoxy groups -OCH3 is 1. The molecule has 0 fully saturated rings. The van der Waals surface area contributed by atoms with Crippen LogP contribution >= 0.6 is 0 Å². The number of nitrogens with zero attached hydrogens (tertiary/aromatic N) is 3. The smallest absolute Gasteiger partial charge is 0.261 e. The maximum atomic E-state index is 12.5. The Labute approximate surface area is 150 Å². The maximum absolute atomic E-state index is 12.5. The molecule has 1 N–H and O–H groups in total. The summed E-state index contributed by atoms with van der Waals surface area (Å²) in [6.45, 7) is 2.57. The van der Waals surface area contributed by atoms with E-state index >= 15 is 0 Å². The highest BCUT2D eigenvalue weighted by molar-refractivity contribution is 5.80. The summed E-state index contributed by atoms with van der Waals surface area (Å²) in [6.07, 6.45) is 3.35. The van der Waals surface area contributed by atoms with Gasteiger partial charge >= 0.3 is 0 Å². The van der Waals surface area contributed by atoms with Crippen molar-refractivity contribution in [2.45, 2.75) is 26.4 Å². The molecule has 2 aromatic heterocycles. The highest BCUT2D eigenvalue weighted by Gasteiger charge is 2.08. The minimum Gasteiger partial charge on any atom is -0.481 e. The molecule has 1 amide bonds. The van der Waals surface area contributed by atoms with E-state index in [1.54, 1.807) is 25.4 Å². The molecule has 134 valence electrons. The van der Waals surface area contributed by atoms with Gasteiger partial charge in [-0.2, -0.15) is 0 Å². The number of rotatable bonds is 6. The number of nitrogens with one attached hydrogen (secondary N) is 1. The van der Waals surface area contributed by atoms with Crippen molar-refractivity contribution in [3.05, 3.63) is 64.3 Å². The minimum atomic E-state index is -0.142. The van der Waals surface area contributed by atoms with Crippen molar-refractivity contribution < 1.29 is 9.53 Å². The fraction of sp³-hybridized carbons (Fsp3) is 0.263. The predicted octanol–water partition coefficient (Wildman–Crippen LogP) is 1.82. The average Bonchev–Trinajstić information content (AvgIpc) is 2.67. The largest absolute Gasteiger partial charge is 0.481 e. The third-order valence-electron chi connectivity index (χ3n) is 4.13. The predicted molar refractivity (Wildman–Crippen MR) is 98.0 cm³/mol. The number of carbonyl (C=O) groups excluding carboxylic acids is 1. The van der Waals surface area contributed by atoms with Crippen LogP contribution in [0.1, 0.15) is 17.5 Å². The highest BCUT2D eigenvalue weighted by atomic mass is 16.5. The zero-order valence-corrected chi connectivity index (χ0v) is 14.7. The third-order valence-corrected chi connectivity index (χ3v) is 4.13. The van der Waals surface area contributed by atoms with Gasteiger partial charge in [0.2, 0.25) is 11.8 Å². The van der Waals surface area contributed by atoms with Gasteiger partial charge in [0.1, 0.15) is 0 Å². The van der Waals surface area contributed by atoms with Gasteiger partial charge in [0.15, 0.2) is 0 Å². The van der Waals surface area contributed by atoms with Crippen LogP contribution in [-0.4, -0.2) is 27.6 Å². The van der Waals surface area contributed by atoms with Crippen LogP contribution in [0.2, 0.25) is 0 Å². The van der Waals surface area contributed by atoms with E-state index in [9.17, 15) is 9.59 Å². The number of ether oxygens (including phenoxy) is 1. The van der Waals surface area contributed by atoms with Crippen molar-refractivity contribution in [1.29, 1.82) is 0 Å². The van der Waals surface area contributed by atoms with Gasteiger partial charge in [-0.15, -0.1) is 0 Å². The second kappa shape index (κ2) is 7.77. The lowest BCUT2D eigenvalue weighted by atomic mass is 10.1. The zero-order chi connectivity index (χ0) is 18.5. The maximum Gasteiger partial charge on any atom is 0.261 e. The number of hydrogen-bond acceptors (Lipinski definition) is 5. The summed E-state index contributed by atoms with van der Waals surface area (Å²) in [5, 5.41) is 3.38. The summed E-state index contributed by atoms with van der Waals surface area (Å²) in [5.41, 5.74) is 2.40. The second-order valence-corrected chi connectivity index (χ2v) is 5.95. The Kier molecular flexibility index (Phi) is 5.26. The number of benzene rings is 1. The molecule has 0 aliphatic rings. The van der Waals surface area contributed by atoms with Crippen LogP contribution in [0.15, 0.2) is 47.7 Å². The molecule has 0 aliphatic heterocycles. The molecule has 0 aliphatic carbocycles.